The molecule has 0 heterocycles. The summed E-state index contributed by atoms with van der Waals surface area (Å²) < 4.78 is 29.2. The standard InChI is InChI=1S/C19H30O6S/c1-17(2)12-7-9-19(17,22)16(25-26(4,23)24)11-13-14(20)6-5-8-18(13,3)15(21)10-12/h12-13,16,22H,5-11H2,1-4H3/t12-,13-,16+,18-,19-/m1/s1. The van der Waals surface area contributed by atoms with Crippen molar-refractivity contribution < 1.29 is 27.3 Å². The van der Waals surface area contributed by atoms with Gasteiger partial charge in [0.15, 0.2) is 0 Å². The monoisotopic (exact) mass is 386 g/mol. The molecule has 0 saturated heterocycles. The molecule has 0 unspecified atom stereocenters. The lowest BCUT2D eigenvalue weighted by Crippen LogP contribution is -2.55. The molecule has 3 aliphatic carbocycles. The smallest absolute Gasteiger partial charge is 0.264 e. The molecule has 0 amide bonds. The number of hydrogen-bond donors (Lipinski definition) is 1. The van der Waals surface area contributed by atoms with Crippen molar-refractivity contribution in [1.29, 1.82) is 0 Å². The molecule has 0 aromatic rings. The largest absolute Gasteiger partial charge is 0.387 e. The molecule has 3 fully saturated rings. The number of fused-ring (bicyclic) bond motifs is 3. The third kappa shape index (κ3) is 2.96. The third-order valence-corrected chi connectivity index (χ3v) is 8.21. The predicted octanol–water partition coefficient (Wildman–Crippen LogP) is 2.24. The molecule has 2 bridgehead atoms. The normalized spacial score (nSPS) is 43.3. The topological polar surface area (TPSA) is 97.7 Å². The van der Waals surface area contributed by atoms with Crippen molar-refractivity contribution in [3.63, 3.8) is 0 Å². The van der Waals surface area contributed by atoms with E-state index in [-0.39, 0.29) is 23.9 Å². The van der Waals surface area contributed by atoms with Gasteiger partial charge in [-0.15, -0.1) is 0 Å². The lowest BCUT2D eigenvalue weighted by atomic mass is 9.61. The van der Waals surface area contributed by atoms with E-state index in [4.69, 9.17) is 4.18 Å². The summed E-state index contributed by atoms with van der Waals surface area (Å²) in [6, 6.07) is 0. The summed E-state index contributed by atoms with van der Waals surface area (Å²) in [5.74, 6) is -0.612. The molecule has 0 aliphatic heterocycles. The number of ketones is 2. The zero-order chi connectivity index (χ0) is 19.5. The van der Waals surface area contributed by atoms with Gasteiger partial charge in [-0.2, -0.15) is 8.42 Å². The Bertz CT molecular complexity index is 726. The molecule has 0 aromatic carbocycles. The maximum Gasteiger partial charge on any atom is 0.264 e. The van der Waals surface area contributed by atoms with Crippen molar-refractivity contribution in [2.45, 2.75) is 77.4 Å². The maximum absolute atomic E-state index is 13.2. The van der Waals surface area contributed by atoms with Crippen LogP contribution in [0.1, 0.15) is 65.7 Å². The summed E-state index contributed by atoms with van der Waals surface area (Å²) in [4.78, 5) is 25.9. The quantitative estimate of drug-likeness (QED) is 0.731. The van der Waals surface area contributed by atoms with E-state index in [1.807, 2.05) is 20.8 Å². The number of aliphatic hydroxyl groups is 1. The van der Waals surface area contributed by atoms with Gasteiger partial charge in [0.1, 0.15) is 17.7 Å². The fraction of sp³-hybridized carbons (Fsp3) is 0.895. The SMILES string of the molecule is CC1(C)[C@@H]2CC[C@@]1(O)[C@@H](OS(C)(=O)=O)C[C@@H]1C(=O)CCC[C@@]1(C)C(=O)C2. The summed E-state index contributed by atoms with van der Waals surface area (Å²) in [6.07, 6.45) is 3.05. The molecule has 7 heteroatoms. The zero-order valence-electron chi connectivity index (χ0n) is 16.1. The Morgan fingerprint density at radius 1 is 1.15 bits per heavy atom. The highest BCUT2D eigenvalue weighted by atomic mass is 32.2. The molecule has 6 nitrogen and oxygen atoms in total. The van der Waals surface area contributed by atoms with Gasteiger partial charge in [0.2, 0.25) is 0 Å². The molecular formula is C19H30O6S. The van der Waals surface area contributed by atoms with Crippen molar-refractivity contribution >= 4 is 21.7 Å². The van der Waals surface area contributed by atoms with Crippen LogP contribution >= 0.6 is 0 Å². The number of carbonyl (C=O) groups is 2. The average molecular weight is 387 g/mol. The Hall–Kier alpha value is -0.790. The van der Waals surface area contributed by atoms with Crippen LogP contribution in [0.5, 0.6) is 0 Å². The van der Waals surface area contributed by atoms with Crippen LogP contribution in [0.2, 0.25) is 0 Å². The summed E-state index contributed by atoms with van der Waals surface area (Å²) in [6.45, 7) is 5.61. The predicted molar refractivity (Wildman–Crippen MR) is 95.9 cm³/mol. The first-order valence-corrected chi connectivity index (χ1v) is 11.3. The fourth-order valence-corrected chi connectivity index (χ4v) is 6.28. The molecule has 3 saturated carbocycles. The van der Waals surface area contributed by atoms with Crippen LogP contribution in [0.25, 0.3) is 0 Å². The van der Waals surface area contributed by atoms with Crippen LogP contribution in [0.15, 0.2) is 0 Å². The molecule has 0 radical (unpaired) electrons. The number of Topliss-reactive ketones (excluding diaryl/α,β-unsaturated/α-hetero) is 2. The van der Waals surface area contributed by atoms with Crippen LogP contribution in [0.3, 0.4) is 0 Å². The highest BCUT2D eigenvalue weighted by Crippen LogP contribution is 2.58. The highest BCUT2D eigenvalue weighted by molar-refractivity contribution is 7.86. The molecule has 0 spiro atoms. The molecular weight excluding hydrogens is 356 g/mol. The van der Waals surface area contributed by atoms with Crippen molar-refractivity contribution in [1.82, 2.24) is 0 Å². The van der Waals surface area contributed by atoms with Gasteiger partial charge in [0, 0.05) is 24.2 Å². The van der Waals surface area contributed by atoms with Crippen LogP contribution in [-0.2, 0) is 23.9 Å². The van der Waals surface area contributed by atoms with Gasteiger partial charge in [-0.25, -0.2) is 0 Å². The van der Waals surface area contributed by atoms with Crippen molar-refractivity contribution in [3.05, 3.63) is 0 Å². The third-order valence-electron chi connectivity index (χ3n) is 7.63. The summed E-state index contributed by atoms with van der Waals surface area (Å²) in [5.41, 5.74) is -2.86. The minimum Gasteiger partial charge on any atom is -0.387 e. The van der Waals surface area contributed by atoms with Crippen molar-refractivity contribution in [2.24, 2.45) is 22.7 Å². The van der Waals surface area contributed by atoms with Crippen molar-refractivity contribution in [2.75, 3.05) is 6.26 Å². The van der Waals surface area contributed by atoms with Gasteiger partial charge < -0.3 is 5.11 Å². The van der Waals surface area contributed by atoms with Gasteiger partial charge in [0.25, 0.3) is 10.1 Å². The Morgan fingerprint density at radius 2 is 1.81 bits per heavy atom. The van der Waals surface area contributed by atoms with Gasteiger partial charge in [-0.1, -0.05) is 20.8 Å². The Labute approximate surface area is 155 Å². The summed E-state index contributed by atoms with van der Waals surface area (Å²) in [7, 11) is -3.82. The van der Waals surface area contributed by atoms with Gasteiger partial charge in [-0.05, 0) is 43.4 Å². The second kappa shape index (κ2) is 6.11. The van der Waals surface area contributed by atoms with Gasteiger partial charge in [-0.3, -0.25) is 13.8 Å². The van der Waals surface area contributed by atoms with E-state index < -0.39 is 38.6 Å². The van der Waals surface area contributed by atoms with Crippen molar-refractivity contribution in [3.8, 4) is 0 Å². The zero-order valence-corrected chi connectivity index (χ0v) is 16.9. The van der Waals surface area contributed by atoms with E-state index in [1.54, 1.807) is 0 Å². The lowest BCUT2D eigenvalue weighted by molar-refractivity contribution is -0.149. The summed E-state index contributed by atoms with van der Waals surface area (Å²) >= 11 is 0. The van der Waals surface area contributed by atoms with Crippen LogP contribution in [0, 0.1) is 22.7 Å². The Kier molecular flexibility index (Phi) is 4.69. The Balaban J connectivity index is 2.13. The van der Waals surface area contributed by atoms with Crippen LogP contribution in [-0.4, -0.2) is 43.1 Å². The molecule has 5 atom stereocenters. The number of carbonyl (C=O) groups excluding carboxylic acids is 2. The van der Waals surface area contributed by atoms with Gasteiger partial charge in [0.05, 0.1) is 11.9 Å². The van der Waals surface area contributed by atoms with Gasteiger partial charge >= 0.3 is 0 Å². The van der Waals surface area contributed by atoms with Crippen LogP contribution in [0.4, 0.5) is 0 Å². The first-order valence-electron chi connectivity index (χ1n) is 9.48. The molecule has 0 aromatic heterocycles. The van der Waals surface area contributed by atoms with E-state index in [1.165, 1.54) is 0 Å². The van der Waals surface area contributed by atoms with E-state index in [2.05, 4.69) is 0 Å². The second-order valence-corrected chi connectivity index (χ2v) is 10.9. The molecule has 3 aliphatic rings. The van der Waals surface area contributed by atoms with Crippen LogP contribution < -0.4 is 0 Å². The molecule has 3 rings (SSSR count). The fourth-order valence-electron chi connectivity index (χ4n) is 5.62. The first kappa shape index (κ1) is 20.0. The van der Waals surface area contributed by atoms with E-state index >= 15 is 0 Å². The first-order chi connectivity index (χ1) is 11.8. The van der Waals surface area contributed by atoms with E-state index in [9.17, 15) is 23.1 Å². The molecule has 148 valence electrons. The molecule has 1 N–H and O–H groups in total. The number of hydrogen-bond acceptors (Lipinski definition) is 6. The molecule has 26 heavy (non-hydrogen) atoms. The maximum atomic E-state index is 13.2. The summed E-state index contributed by atoms with van der Waals surface area (Å²) in [5, 5.41) is 11.5. The minimum absolute atomic E-state index is 0.0200. The Morgan fingerprint density at radius 3 is 2.42 bits per heavy atom. The minimum atomic E-state index is -3.82. The number of rotatable bonds is 2. The average Bonchev–Trinajstić information content (AvgIpc) is 2.73. The van der Waals surface area contributed by atoms with E-state index in [0.717, 1.165) is 6.26 Å². The lowest BCUT2D eigenvalue weighted by Gasteiger charge is -2.45. The highest BCUT2D eigenvalue weighted by Gasteiger charge is 2.62. The van der Waals surface area contributed by atoms with E-state index in [0.29, 0.717) is 38.5 Å². The second-order valence-electron chi connectivity index (χ2n) is 9.32.